The van der Waals surface area contributed by atoms with Gasteiger partial charge in [-0.05, 0) is 73.1 Å². The number of carbonyl (C=O) groups is 1. The monoisotopic (exact) mass is 484 g/mol. The minimum absolute atomic E-state index is 0.132. The first-order valence-corrected chi connectivity index (χ1v) is 12.0. The summed E-state index contributed by atoms with van der Waals surface area (Å²) in [7, 11) is 0. The molecule has 1 aliphatic heterocycles. The van der Waals surface area contributed by atoms with Crippen LogP contribution in [0.15, 0.2) is 99.2 Å². The molecule has 34 heavy (non-hydrogen) atoms. The molecule has 1 saturated heterocycles. The fourth-order valence-corrected chi connectivity index (χ4v) is 4.88. The Morgan fingerprint density at radius 1 is 0.912 bits per heavy atom. The van der Waals surface area contributed by atoms with E-state index >= 15 is 0 Å². The molecule has 1 aromatic heterocycles. The van der Waals surface area contributed by atoms with Crippen LogP contribution in [0.2, 0.25) is 5.02 Å². The molecular formula is C28H21ClN2O2S. The van der Waals surface area contributed by atoms with Gasteiger partial charge in [-0.15, -0.1) is 0 Å². The number of halogens is 1. The van der Waals surface area contributed by atoms with E-state index in [4.69, 9.17) is 21.0 Å². The summed E-state index contributed by atoms with van der Waals surface area (Å²) in [5.74, 6) is 1.15. The van der Waals surface area contributed by atoms with Gasteiger partial charge in [-0.25, -0.2) is 4.99 Å². The molecule has 0 spiro atoms. The minimum atomic E-state index is -0.132. The van der Waals surface area contributed by atoms with Crippen molar-refractivity contribution in [3.8, 4) is 11.3 Å². The maximum Gasteiger partial charge on any atom is 0.271 e. The molecule has 1 aliphatic rings. The van der Waals surface area contributed by atoms with E-state index in [2.05, 4.69) is 0 Å². The molecule has 1 amide bonds. The Bertz CT molecular complexity index is 1450. The first-order chi connectivity index (χ1) is 16.5. The highest BCUT2D eigenvalue weighted by Gasteiger charge is 2.35. The zero-order valence-electron chi connectivity index (χ0n) is 18.7. The van der Waals surface area contributed by atoms with E-state index in [-0.39, 0.29) is 5.91 Å². The summed E-state index contributed by atoms with van der Waals surface area (Å²) >= 11 is 7.46. The van der Waals surface area contributed by atoms with Gasteiger partial charge in [0.15, 0.2) is 5.17 Å². The highest BCUT2D eigenvalue weighted by Crippen LogP contribution is 2.39. The smallest absolute Gasteiger partial charge is 0.271 e. The van der Waals surface area contributed by atoms with Gasteiger partial charge in [-0.1, -0.05) is 60.1 Å². The van der Waals surface area contributed by atoms with Crippen LogP contribution in [0.25, 0.3) is 17.4 Å². The third-order valence-electron chi connectivity index (χ3n) is 5.50. The number of rotatable bonds is 4. The highest BCUT2D eigenvalue weighted by atomic mass is 35.5. The number of amides is 1. The van der Waals surface area contributed by atoms with Gasteiger partial charge in [0.25, 0.3) is 5.91 Å². The quantitative estimate of drug-likeness (QED) is 0.275. The van der Waals surface area contributed by atoms with Crippen LogP contribution >= 0.6 is 23.4 Å². The average Bonchev–Trinajstić information content (AvgIpc) is 3.41. The molecule has 4 nitrogen and oxygen atoms in total. The fourth-order valence-electron chi connectivity index (χ4n) is 3.72. The molecule has 0 atom stereocenters. The van der Waals surface area contributed by atoms with Crippen molar-refractivity contribution in [3.63, 3.8) is 0 Å². The van der Waals surface area contributed by atoms with Crippen LogP contribution in [0, 0.1) is 13.8 Å². The zero-order valence-corrected chi connectivity index (χ0v) is 20.2. The van der Waals surface area contributed by atoms with Crippen LogP contribution in [0.1, 0.15) is 16.9 Å². The molecule has 2 heterocycles. The number of para-hydroxylation sites is 2. The average molecular weight is 485 g/mol. The molecule has 168 valence electrons. The lowest BCUT2D eigenvalue weighted by molar-refractivity contribution is -0.113. The van der Waals surface area contributed by atoms with Crippen LogP contribution in [0.3, 0.4) is 0 Å². The highest BCUT2D eigenvalue weighted by molar-refractivity contribution is 8.19. The standard InChI is InChI=1S/C28H21ClN2O2S/c1-18-8-3-5-12-23(18)30-28-31(24-13-6-4-9-19(24)2)27(32)26(34-28)17-22-14-15-25(33-22)20-10-7-11-21(29)16-20/h3-17H,1-2H3. The second-order valence-electron chi connectivity index (χ2n) is 7.93. The Labute approximate surface area is 207 Å². The van der Waals surface area contributed by atoms with Gasteiger partial charge in [-0.2, -0.15) is 0 Å². The molecule has 0 radical (unpaired) electrons. The Balaban J connectivity index is 1.54. The van der Waals surface area contributed by atoms with E-state index in [0.717, 1.165) is 28.1 Å². The minimum Gasteiger partial charge on any atom is -0.457 e. The molecule has 0 saturated carbocycles. The Morgan fingerprint density at radius 3 is 2.44 bits per heavy atom. The Morgan fingerprint density at radius 2 is 1.68 bits per heavy atom. The number of benzene rings is 3. The molecule has 6 heteroatoms. The van der Waals surface area contributed by atoms with Crippen molar-refractivity contribution in [3.05, 3.63) is 112 Å². The first kappa shape index (κ1) is 22.3. The lowest BCUT2D eigenvalue weighted by atomic mass is 10.2. The van der Waals surface area contributed by atoms with Crippen molar-refractivity contribution in [1.82, 2.24) is 0 Å². The summed E-state index contributed by atoms with van der Waals surface area (Å²) in [6.45, 7) is 4.00. The number of furan rings is 1. The summed E-state index contributed by atoms with van der Waals surface area (Å²) in [5.41, 5.74) is 4.57. The van der Waals surface area contributed by atoms with Crippen LogP contribution in [-0.2, 0) is 4.79 Å². The molecule has 1 fully saturated rings. The van der Waals surface area contributed by atoms with Crippen molar-refractivity contribution < 1.29 is 9.21 Å². The van der Waals surface area contributed by atoms with Crippen LogP contribution in [0.4, 0.5) is 11.4 Å². The molecule has 0 unspecified atom stereocenters. The number of aryl methyl sites for hydroxylation is 2. The second-order valence-corrected chi connectivity index (χ2v) is 9.38. The number of hydrogen-bond donors (Lipinski definition) is 0. The second kappa shape index (κ2) is 9.37. The molecule has 4 aromatic rings. The molecule has 3 aromatic carbocycles. The summed E-state index contributed by atoms with van der Waals surface area (Å²) in [6.07, 6.45) is 1.77. The number of nitrogens with zero attached hydrogens (tertiary/aromatic N) is 2. The third kappa shape index (κ3) is 4.45. The van der Waals surface area contributed by atoms with E-state index in [1.54, 1.807) is 11.0 Å². The normalized spacial score (nSPS) is 16.1. The van der Waals surface area contributed by atoms with Crippen molar-refractivity contribution >= 4 is 51.9 Å². The van der Waals surface area contributed by atoms with Crippen molar-refractivity contribution in [2.75, 3.05) is 4.90 Å². The van der Waals surface area contributed by atoms with Gasteiger partial charge in [0.05, 0.1) is 16.3 Å². The van der Waals surface area contributed by atoms with E-state index in [9.17, 15) is 4.79 Å². The van der Waals surface area contributed by atoms with Crippen molar-refractivity contribution in [2.45, 2.75) is 13.8 Å². The number of carbonyl (C=O) groups excluding carboxylic acids is 1. The molecule has 5 rings (SSSR count). The van der Waals surface area contributed by atoms with Gasteiger partial charge in [0, 0.05) is 16.7 Å². The van der Waals surface area contributed by atoms with Gasteiger partial charge < -0.3 is 4.42 Å². The van der Waals surface area contributed by atoms with Gasteiger partial charge in [0.2, 0.25) is 0 Å². The fraction of sp³-hybridized carbons (Fsp3) is 0.0714. The van der Waals surface area contributed by atoms with Crippen molar-refractivity contribution in [1.29, 1.82) is 0 Å². The topological polar surface area (TPSA) is 45.8 Å². The van der Waals surface area contributed by atoms with E-state index in [0.29, 0.717) is 26.6 Å². The molecule has 0 N–H and O–H groups in total. The predicted molar refractivity (Wildman–Crippen MR) is 142 cm³/mol. The Hall–Kier alpha value is -3.54. The molecule has 0 bridgehead atoms. The Kier molecular flexibility index (Phi) is 6.14. The molecular weight excluding hydrogens is 464 g/mol. The lowest BCUT2D eigenvalue weighted by Gasteiger charge is -2.18. The molecule has 0 aliphatic carbocycles. The number of aliphatic imine (C=N–C) groups is 1. The van der Waals surface area contributed by atoms with Crippen LogP contribution < -0.4 is 4.90 Å². The van der Waals surface area contributed by atoms with Gasteiger partial charge in [0.1, 0.15) is 11.5 Å². The van der Waals surface area contributed by atoms with Gasteiger partial charge >= 0.3 is 0 Å². The zero-order chi connectivity index (χ0) is 23.7. The maximum absolute atomic E-state index is 13.6. The van der Waals surface area contributed by atoms with Crippen molar-refractivity contribution in [2.24, 2.45) is 4.99 Å². The summed E-state index contributed by atoms with van der Waals surface area (Å²) in [5, 5.41) is 1.25. The number of hydrogen-bond acceptors (Lipinski definition) is 4. The van der Waals surface area contributed by atoms with E-state index in [1.807, 2.05) is 98.8 Å². The summed E-state index contributed by atoms with van der Waals surface area (Å²) in [6, 6.07) is 26.9. The van der Waals surface area contributed by atoms with Crippen LogP contribution in [0.5, 0.6) is 0 Å². The first-order valence-electron chi connectivity index (χ1n) is 10.8. The van der Waals surface area contributed by atoms with Crippen LogP contribution in [-0.4, -0.2) is 11.1 Å². The largest absolute Gasteiger partial charge is 0.457 e. The summed E-state index contributed by atoms with van der Waals surface area (Å²) in [4.78, 5) is 20.7. The van der Waals surface area contributed by atoms with Gasteiger partial charge in [-0.3, -0.25) is 9.69 Å². The number of anilines is 1. The predicted octanol–water partition coefficient (Wildman–Crippen LogP) is 8.03. The lowest BCUT2D eigenvalue weighted by Crippen LogP contribution is -2.29. The number of thioether (sulfide) groups is 1. The maximum atomic E-state index is 13.6. The summed E-state index contributed by atoms with van der Waals surface area (Å²) < 4.78 is 6.01. The van der Waals surface area contributed by atoms with E-state index in [1.165, 1.54) is 11.8 Å². The SMILES string of the molecule is Cc1ccccc1N=C1SC(=Cc2ccc(-c3cccc(Cl)c3)o2)C(=O)N1c1ccccc1C. The number of amidine groups is 1. The van der Waals surface area contributed by atoms with E-state index < -0.39 is 0 Å². The third-order valence-corrected chi connectivity index (χ3v) is 6.71.